The zero-order valence-electron chi connectivity index (χ0n) is 14.3. The number of hydrogen-bond donors (Lipinski definition) is 1. The van der Waals surface area contributed by atoms with E-state index in [4.69, 9.17) is 11.6 Å². The zero-order valence-corrected chi connectivity index (χ0v) is 15.0. The van der Waals surface area contributed by atoms with Gasteiger partial charge in [-0.3, -0.25) is 9.59 Å². The van der Waals surface area contributed by atoms with Gasteiger partial charge < -0.3 is 10.2 Å². The summed E-state index contributed by atoms with van der Waals surface area (Å²) >= 11 is 5.99. The first kappa shape index (κ1) is 18.4. The van der Waals surface area contributed by atoms with E-state index in [0.717, 1.165) is 0 Å². The van der Waals surface area contributed by atoms with Crippen LogP contribution in [0.15, 0.2) is 48.5 Å². The molecule has 0 saturated carbocycles. The molecule has 1 fully saturated rings. The predicted octanol–water partition coefficient (Wildman–Crippen LogP) is 3.44. The fourth-order valence-corrected chi connectivity index (χ4v) is 3.33. The Hall–Kier alpha value is -2.40. The molecule has 1 aliphatic heterocycles. The Bertz CT molecular complexity index is 769. The van der Waals surface area contributed by atoms with E-state index in [2.05, 4.69) is 5.32 Å². The van der Waals surface area contributed by atoms with Gasteiger partial charge in [0.1, 0.15) is 5.82 Å². The molecule has 0 aliphatic carbocycles. The first-order chi connectivity index (χ1) is 12.5. The van der Waals surface area contributed by atoms with Crippen LogP contribution in [0.25, 0.3) is 0 Å². The second-order valence-corrected chi connectivity index (χ2v) is 6.78. The van der Waals surface area contributed by atoms with Crippen LogP contribution < -0.4 is 5.32 Å². The molecular formula is C20H20ClFN2O2. The second-order valence-electron chi connectivity index (χ2n) is 6.37. The van der Waals surface area contributed by atoms with Crippen LogP contribution in [0.2, 0.25) is 5.02 Å². The van der Waals surface area contributed by atoms with E-state index in [0.29, 0.717) is 31.5 Å². The average molecular weight is 375 g/mol. The number of nitrogens with zero attached hydrogens (tertiary/aromatic N) is 1. The van der Waals surface area contributed by atoms with Gasteiger partial charge in [0.05, 0.1) is 6.42 Å². The number of carbonyl (C=O) groups excluding carboxylic acids is 2. The van der Waals surface area contributed by atoms with Gasteiger partial charge in [-0.25, -0.2) is 4.39 Å². The molecule has 0 aromatic heterocycles. The van der Waals surface area contributed by atoms with Crippen LogP contribution in [0.1, 0.15) is 28.8 Å². The lowest BCUT2D eigenvalue weighted by Crippen LogP contribution is -2.47. The maximum Gasteiger partial charge on any atom is 0.251 e. The molecular weight excluding hydrogens is 355 g/mol. The van der Waals surface area contributed by atoms with Crippen molar-refractivity contribution < 1.29 is 14.0 Å². The van der Waals surface area contributed by atoms with Gasteiger partial charge in [-0.05, 0) is 37.1 Å². The molecule has 0 spiro atoms. The fourth-order valence-electron chi connectivity index (χ4n) is 3.10. The SMILES string of the molecule is O=C(NC1CCN(C(=O)Cc2c(F)cccc2Cl)CC1)c1ccccc1. The van der Waals surface area contributed by atoms with Crippen LogP contribution in [0.4, 0.5) is 4.39 Å². The van der Waals surface area contributed by atoms with Gasteiger partial charge in [0, 0.05) is 35.3 Å². The molecule has 0 atom stereocenters. The summed E-state index contributed by atoms with van der Waals surface area (Å²) in [6.07, 6.45) is 1.30. The minimum atomic E-state index is -0.462. The maximum atomic E-state index is 13.8. The Morgan fingerprint density at radius 3 is 2.42 bits per heavy atom. The van der Waals surface area contributed by atoms with Crippen molar-refractivity contribution in [2.24, 2.45) is 0 Å². The van der Waals surface area contributed by atoms with Crippen LogP contribution in [0.3, 0.4) is 0 Å². The van der Waals surface area contributed by atoms with Crippen molar-refractivity contribution >= 4 is 23.4 Å². The Balaban J connectivity index is 1.52. The lowest BCUT2D eigenvalue weighted by molar-refractivity contribution is -0.131. The minimum Gasteiger partial charge on any atom is -0.349 e. The molecule has 136 valence electrons. The average Bonchev–Trinajstić information content (AvgIpc) is 2.66. The van der Waals surface area contributed by atoms with Crippen molar-refractivity contribution in [1.29, 1.82) is 0 Å². The molecule has 1 N–H and O–H groups in total. The predicted molar refractivity (Wildman–Crippen MR) is 98.6 cm³/mol. The van der Waals surface area contributed by atoms with E-state index in [-0.39, 0.29) is 34.9 Å². The molecule has 0 radical (unpaired) electrons. The van der Waals surface area contributed by atoms with Crippen molar-refractivity contribution in [2.75, 3.05) is 13.1 Å². The molecule has 1 aliphatic rings. The number of rotatable bonds is 4. The van der Waals surface area contributed by atoms with Crippen molar-refractivity contribution in [2.45, 2.75) is 25.3 Å². The molecule has 0 bridgehead atoms. The second kappa shape index (κ2) is 8.32. The lowest BCUT2D eigenvalue weighted by atomic mass is 10.0. The molecule has 1 saturated heterocycles. The molecule has 6 heteroatoms. The Morgan fingerprint density at radius 1 is 1.08 bits per heavy atom. The lowest BCUT2D eigenvalue weighted by Gasteiger charge is -2.32. The van der Waals surface area contributed by atoms with Crippen LogP contribution in [0, 0.1) is 5.82 Å². The normalized spacial score (nSPS) is 14.9. The van der Waals surface area contributed by atoms with Crippen LogP contribution in [-0.2, 0) is 11.2 Å². The summed E-state index contributed by atoms with van der Waals surface area (Å²) in [6.45, 7) is 1.06. The monoisotopic (exact) mass is 374 g/mol. The quantitative estimate of drug-likeness (QED) is 0.891. The van der Waals surface area contributed by atoms with Gasteiger partial charge in [0.15, 0.2) is 0 Å². The maximum absolute atomic E-state index is 13.8. The number of carbonyl (C=O) groups is 2. The van der Waals surface area contributed by atoms with E-state index in [1.807, 2.05) is 18.2 Å². The topological polar surface area (TPSA) is 49.4 Å². The van der Waals surface area contributed by atoms with Gasteiger partial charge in [-0.2, -0.15) is 0 Å². The largest absolute Gasteiger partial charge is 0.349 e. The number of hydrogen-bond acceptors (Lipinski definition) is 2. The van der Waals surface area contributed by atoms with Gasteiger partial charge in [0.25, 0.3) is 5.91 Å². The highest BCUT2D eigenvalue weighted by molar-refractivity contribution is 6.31. The van der Waals surface area contributed by atoms with Crippen molar-refractivity contribution in [3.8, 4) is 0 Å². The molecule has 4 nitrogen and oxygen atoms in total. The van der Waals surface area contributed by atoms with Crippen LogP contribution in [0.5, 0.6) is 0 Å². The number of amides is 2. The first-order valence-electron chi connectivity index (χ1n) is 8.61. The van der Waals surface area contributed by atoms with Gasteiger partial charge in [-0.1, -0.05) is 35.9 Å². The van der Waals surface area contributed by atoms with E-state index in [1.165, 1.54) is 12.1 Å². The summed E-state index contributed by atoms with van der Waals surface area (Å²) in [6, 6.07) is 13.5. The Kier molecular flexibility index (Phi) is 5.89. The first-order valence-corrected chi connectivity index (χ1v) is 8.99. The molecule has 1 heterocycles. The van der Waals surface area contributed by atoms with Crippen LogP contribution in [-0.4, -0.2) is 35.8 Å². The van der Waals surface area contributed by atoms with E-state index >= 15 is 0 Å². The van der Waals surface area contributed by atoms with Crippen molar-refractivity contribution in [3.63, 3.8) is 0 Å². The molecule has 2 amide bonds. The third kappa shape index (κ3) is 4.41. The van der Waals surface area contributed by atoms with E-state index < -0.39 is 5.82 Å². The minimum absolute atomic E-state index is 0.0313. The van der Waals surface area contributed by atoms with Gasteiger partial charge in [-0.15, -0.1) is 0 Å². The van der Waals surface area contributed by atoms with Gasteiger partial charge >= 0.3 is 0 Å². The molecule has 2 aromatic carbocycles. The number of piperidine rings is 1. The third-order valence-electron chi connectivity index (χ3n) is 4.61. The number of likely N-dealkylation sites (tertiary alicyclic amines) is 1. The van der Waals surface area contributed by atoms with E-state index in [1.54, 1.807) is 23.1 Å². The van der Waals surface area contributed by atoms with Crippen molar-refractivity contribution in [3.05, 3.63) is 70.5 Å². The van der Waals surface area contributed by atoms with Crippen LogP contribution >= 0.6 is 11.6 Å². The summed E-state index contributed by atoms with van der Waals surface area (Å²) in [5, 5.41) is 3.27. The van der Waals surface area contributed by atoms with Gasteiger partial charge in [0.2, 0.25) is 5.91 Å². The Morgan fingerprint density at radius 2 is 1.77 bits per heavy atom. The number of nitrogens with one attached hydrogen (secondary N) is 1. The summed E-state index contributed by atoms with van der Waals surface area (Å²) in [7, 11) is 0. The number of benzene rings is 2. The van der Waals surface area contributed by atoms with E-state index in [9.17, 15) is 14.0 Å². The fraction of sp³-hybridized carbons (Fsp3) is 0.300. The molecule has 0 unspecified atom stereocenters. The summed E-state index contributed by atoms with van der Waals surface area (Å²) < 4.78 is 13.8. The zero-order chi connectivity index (χ0) is 18.5. The Labute approximate surface area is 157 Å². The third-order valence-corrected chi connectivity index (χ3v) is 4.96. The smallest absolute Gasteiger partial charge is 0.251 e. The number of halogens is 2. The van der Waals surface area contributed by atoms with Crippen molar-refractivity contribution in [1.82, 2.24) is 10.2 Å². The summed E-state index contributed by atoms with van der Waals surface area (Å²) in [5.74, 6) is -0.714. The summed E-state index contributed by atoms with van der Waals surface area (Å²) in [4.78, 5) is 26.3. The standard InChI is InChI=1S/C20H20ClFN2O2/c21-17-7-4-8-18(22)16(17)13-19(25)24-11-9-15(10-12-24)23-20(26)14-5-2-1-3-6-14/h1-8,15H,9-13H2,(H,23,26). The molecule has 26 heavy (non-hydrogen) atoms. The molecule has 2 aromatic rings. The highest BCUT2D eigenvalue weighted by atomic mass is 35.5. The highest BCUT2D eigenvalue weighted by Crippen LogP contribution is 2.21. The molecule has 3 rings (SSSR count). The summed E-state index contributed by atoms with van der Waals surface area (Å²) in [5.41, 5.74) is 0.860. The highest BCUT2D eigenvalue weighted by Gasteiger charge is 2.25.